The number of nitrogens with two attached hydrogens (primary N) is 1. The van der Waals surface area contributed by atoms with Gasteiger partial charge in [0.2, 0.25) is 17.8 Å². The summed E-state index contributed by atoms with van der Waals surface area (Å²) in [5.74, 6) is -0.433. The maximum atomic E-state index is 12.6. The molecule has 0 saturated heterocycles. The number of benzene rings is 2. The van der Waals surface area contributed by atoms with Crippen molar-refractivity contribution in [3.8, 4) is 22.6 Å². The van der Waals surface area contributed by atoms with E-state index in [0.717, 1.165) is 50.7 Å². The van der Waals surface area contributed by atoms with Crippen molar-refractivity contribution in [3.63, 3.8) is 0 Å². The number of hydrogen-bond acceptors (Lipinski definition) is 8. The maximum Gasteiger partial charge on any atom is 0.230 e. The lowest BCUT2D eigenvalue weighted by Crippen LogP contribution is -2.36. The molecule has 0 saturated carbocycles. The summed E-state index contributed by atoms with van der Waals surface area (Å²) >= 11 is 1.51. The highest BCUT2D eigenvalue weighted by molar-refractivity contribution is 7.10. The average Bonchev–Trinajstić information content (AvgIpc) is 3.76. The van der Waals surface area contributed by atoms with Crippen LogP contribution in [0.1, 0.15) is 33.9 Å². The Morgan fingerprint density at radius 2 is 1.94 bits per heavy atom. The summed E-state index contributed by atoms with van der Waals surface area (Å²) in [4.78, 5) is 42.4. The first-order valence-corrected chi connectivity index (χ1v) is 16.3. The monoisotopic (exact) mass is 643 g/mol. The molecule has 1 unspecified atom stereocenters. The molecule has 0 radical (unpaired) electrons. The standard InChI is InChI=1S/C36H33N7O3S/c1-46-18-14-31(44)42-17-13-23-10-11-27(21-26(23)22-42)39-36-38-15-12-28(40-36)34-33(41-30-9-2-3-16-43(30)34)25-7-4-6-24(20-25)32(35(37)45)29-8-5-19-47-29/h2-12,15-16,19-21,32H,13-14,17-18,22H2,1H3,(H2,37,45)(H,38,39,40). The van der Waals surface area contributed by atoms with Crippen molar-refractivity contribution in [1.29, 1.82) is 0 Å². The summed E-state index contributed by atoms with van der Waals surface area (Å²) in [6.07, 6.45) is 4.87. The van der Waals surface area contributed by atoms with Gasteiger partial charge in [0.15, 0.2) is 0 Å². The van der Waals surface area contributed by atoms with Crippen LogP contribution >= 0.6 is 11.3 Å². The van der Waals surface area contributed by atoms with Crippen LogP contribution in [-0.4, -0.2) is 56.3 Å². The molecule has 1 aliphatic rings. The number of nitrogens with one attached hydrogen (secondary N) is 1. The van der Waals surface area contributed by atoms with Gasteiger partial charge in [-0.1, -0.05) is 36.4 Å². The molecule has 10 nitrogen and oxygen atoms in total. The third-order valence-electron chi connectivity index (χ3n) is 8.38. The van der Waals surface area contributed by atoms with E-state index in [-0.39, 0.29) is 5.91 Å². The van der Waals surface area contributed by atoms with E-state index in [2.05, 4.69) is 22.4 Å². The Balaban J connectivity index is 1.22. The van der Waals surface area contributed by atoms with Crippen LogP contribution in [0.4, 0.5) is 11.6 Å². The first kappa shape index (κ1) is 30.3. The molecule has 47 heavy (non-hydrogen) atoms. The predicted molar refractivity (Wildman–Crippen MR) is 182 cm³/mol. The minimum Gasteiger partial charge on any atom is -0.384 e. The van der Waals surface area contributed by atoms with Crippen molar-refractivity contribution < 1.29 is 14.3 Å². The molecule has 0 bridgehead atoms. The second-order valence-electron chi connectivity index (χ2n) is 11.4. The van der Waals surface area contributed by atoms with Crippen LogP contribution in [0.2, 0.25) is 0 Å². The zero-order valence-corrected chi connectivity index (χ0v) is 26.6. The molecule has 7 rings (SSSR count). The van der Waals surface area contributed by atoms with Crippen LogP contribution in [-0.2, 0) is 27.3 Å². The number of thiophene rings is 1. The van der Waals surface area contributed by atoms with E-state index < -0.39 is 11.8 Å². The first-order chi connectivity index (χ1) is 23.0. The lowest BCUT2D eigenvalue weighted by molar-refractivity contribution is -0.133. The topological polar surface area (TPSA) is 128 Å². The van der Waals surface area contributed by atoms with Gasteiger partial charge in [0.1, 0.15) is 5.65 Å². The number of carbonyl (C=O) groups excluding carboxylic acids is 2. The summed E-state index contributed by atoms with van der Waals surface area (Å²) in [5.41, 5.74) is 13.7. The Labute approximate surface area is 275 Å². The van der Waals surface area contributed by atoms with E-state index in [1.807, 2.05) is 87.6 Å². The number of ether oxygens (including phenoxy) is 1. The van der Waals surface area contributed by atoms with E-state index in [1.54, 1.807) is 13.3 Å². The highest BCUT2D eigenvalue weighted by atomic mass is 32.1. The number of imidazole rings is 1. The SMILES string of the molecule is COCCC(=O)N1CCc2ccc(Nc3nccc(-c4c(-c5cccc(C(C(N)=O)c6cccs6)c5)nc5ccccn45)n3)cc2C1. The van der Waals surface area contributed by atoms with Gasteiger partial charge in [0.05, 0.1) is 36.0 Å². The van der Waals surface area contributed by atoms with Crippen molar-refractivity contribution >= 4 is 40.4 Å². The lowest BCUT2D eigenvalue weighted by atomic mass is 9.94. The Kier molecular flexibility index (Phi) is 8.47. The van der Waals surface area contributed by atoms with E-state index >= 15 is 0 Å². The van der Waals surface area contributed by atoms with Crippen molar-refractivity contribution in [2.24, 2.45) is 5.73 Å². The Morgan fingerprint density at radius 1 is 1.02 bits per heavy atom. The Bertz CT molecular complexity index is 2070. The molecule has 0 aliphatic carbocycles. The Hall–Kier alpha value is -5.39. The molecular weight excluding hydrogens is 611 g/mol. The summed E-state index contributed by atoms with van der Waals surface area (Å²) in [6.45, 7) is 1.68. The van der Waals surface area contributed by atoms with Gasteiger partial charge in [-0.2, -0.15) is 0 Å². The normalized spacial score (nSPS) is 13.3. The minimum atomic E-state index is -0.558. The fourth-order valence-corrected chi connectivity index (χ4v) is 6.97. The molecule has 6 aromatic rings. The molecule has 2 aromatic carbocycles. The number of anilines is 2. The zero-order chi connectivity index (χ0) is 32.3. The van der Waals surface area contributed by atoms with Gasteiger partial charge >= 0.3 is 0 Å². The smallest absolute Gasteiger partial charge is 0.230 e. The molecule has 1 aliphatic heterocycles. The van der Waals surface area contributed by atoms with Gasteiger partial charge in [0, 0.05) is 48.7 Å². The zero-order valence-electron chi connectivity index (χ0n) is 25.8. The molecule has 2 amide bonds. The fraction of sp³-hybridized carbons (Fsp3) is 0.194. The number of methoxy groups -OCH3 is 1. The summed E-state index contributed by atoms with van der Waals surface area (Å²) in [7, 11) is 1.61. The highest BCUT2D eigenvalue weighted by Gasteiger charge is 2.24. The third-order valence-corrected chi connectivity index (χ3v) is 9.32. The average molecular weight is 644 g/mol. The van der Waals surface area contributed by atoms with Crippen LogP contribution in [0.5, 0.6) is 0 Å². The molecule has 1 atom stereocenters. The summed E-state index contributed by atoms with van der Waals surface area (Å²) in [6, 6.07) is 25.6. The van der Waals surface area contributed by atoms with Crippen LogP contribution in [0, 0.1) is 0 Å². The lowest BCUT2D eigenvalue weighted by Gasteiger charge is -2.29. The van der Waals surface area contributed by atoms with Crippen molar-refractivity contribution in [3.05, 3.63) is 118 Å². The largest absolute Gasteiger partial charge is 0.384 e. The number of aromatic nitrogens is 4. The molecular formula is C36H33N7O3S. The van der Waals surface area contributed by atoms with E-state index in [9.17, 15) is 9.59 Å². The molecule has 0 fully saturated rings. The number of rotatable bonds is 10. The highest BCUT2D eigenvalue weighted by Crippen LogP contribution is 2.36. The number of carbonyl (C=O) groups is 2. The van der Waals surface area contributed by atoms with Gasteiger partial charge in [-0.3, -0.25) is 14.0 Å². The number of nitrogens with zero attached hydrogens (tertiary/aromatic N) is 5. The number of hydrogen-bond donors (Lipinski definition) is 2. The molecule has 3 N–H and O–H groups in total. The van der Waals surface area contributed by atoms with Crippen LogP contribution in [0.25, 0.3) is 28.3 Å². The van der Waals surface area contributed by atoms with Gasteiger partial charge in [-0.05, 0) is 71.0 Å². The van der Waals surface area contributed by atoms with Gasteiger partial charge in [-0.25, -0.2) is 15.0 Å². The van der Waals surface area contributed by atoms with Crippen molar-refractivity contribution in [2.75, 3.05) is 25.6 Å². The fourth-order valence-electron chi connectivity index (χ4n) is 6.11. The second kappa shape index (κ2) is 13.1. The summed E-state index contributed by atoms with van der Waals surface area (Å²) in [5, 5.41) is 5.31. The van der Waals surface area contributed by atoms with E-state index in [0.29, 0.717) is 37.8 Å². The quantitative estimate of drug-likeness (QED) is 0.193. The molecule has 0 spiro atoms. The number of pyridine rings is 1. The first-order valence-electron chi connectivity index (χ1n) is 15.4. The van der Waals surface area contributed by atoms with E-state index in [1.165, 1.54) is 16.9 Å². The molecule has 5 heterocycles. The van der Waals surface area contributed by atoms with Crippen LogP contribution in [0.3, 0.4) is 0 Å². The molecule has 236 valence electrons. The van der Waals surface area contributed by atoms with Crippen molar-refractivity contribution in [1.82, 2.24) is 24.3 Å². The summed E-state index contributed by atoms with van der Waals surface area (Å²) < 4.78 is 7.10. The number of amides is 2. The number of fused-ring (bicyclic) bond motifs is 2. The van der Waals surface area contributed by atoms with E-state index in [4.69, 9.17) is 20.4 Å². The molecule has 4 aromatic heterocycles. The van der Waals surface area contributed by atoms with Crippen molar-refractivity contribution in [2.45, 2.75) is 25.3 Å². The van der Waals surface area contributed by atoms with Gasteiger partial charge in [-0.15, -0.1) is 11.3 Å². The van der Waals surface area contributed by atoms with Crippen LogP contribution < -0.4 is 11.1 Å². The van der Waals surface area contributed by atoms with Crippen LogP contribution in [0.15, 0.2) is 96.6 Å². The predicted octanol–water partition coefficient (Wildman–Crippen LogP) is 5.80. The Morgan fingerprint density at radius 3 is 2.77 bits per heavy atom. The van der Waals surface area contributed by atoms with Gasteiger partial charge in [0.25, 0.3) is 0 Å². The molecule has 11 heteroatoms. The minimum absolute atomic E-state index is 0.0953. The van der Waals surface area contributed by atoms with Gasteiger partial charge < -0.3 is 20.7 Å². The number of primary amides is 1. The second-order valence-corrected chi connectivity index (χ2v) is 12.4. The maximum absolute atomic E-state index is 12.6. The third kappa shape index (κ3) is 6.23.